The van der Waals surface area contributed by atoms with E-state index in [9.17, 15) is 13.2 Å². The number of methoxy groups -OCH3 is 1. The van der Waals surface area contributed by atoms with Crippen molar-refractivity contribution in [1.82, 2.24) is 0 Å². The summed E-state index contributed by atoms with van der Waals surface area (Å²) in [6.07, 6.45) is 1.66. The first-order valence-corrected chi connectivity index (χ1v) is 10.3. The zero-order valence-corrected chi connectivity index (χ0v) is 16.5. The monoisotopic (exact) mass is 405 g/mol. The first-order chi connectivity index (χ1) is 12.8. The van der Waals surface area contributed by atoms with Crippen LogP contribution in [0.4, 0.5) is 0 Å². The molecule has 0 aliphatic carbocycles. The van der Waals surface area contributed by atoms with Crippen molar-refractivity contribution in [2.75, 3.05) is 7.11 Å². The van der Waals surface area contributed by atoms with E-state index >= 15 is 0 Å². The summed E-state index contributed by atoms with van der Waals surface area (Å²) < 4.78 is 33.6. The Morgan fingerprint density at radius 1 is 1.15 bits per heavy atom. The Bertz CT molecular complexity index is 933. The van der Waals surface area contributed by atoms with Crippen LogP contribution in [-0.2, 0) is 29.7 Å². The lowest BCUT2D eigenvalue weighted by Gasteiger charge is -2.06. The van der Waals surface area contributed by atoms with E-state index in [-0.39, 0.29) is 10.8 Å². The van der Waals surface area contributed by atoms with Crippen LogP contribution in [-0.4, -0.2) is 26.5 Å². The van der Waals surface area contributed by atoms with Crippen LogP contribution < -0.4 is 0 Å². The molecule has 6 nitrogen and oxygen atoms in total. The highest BCUT2D eigenvalue weighted by atomic mass is 32.2. The Balaban J connectivity index is 2.13. The minimum Gasteiger partial charge on any atom is -0.464 e. The van der Waals surface area contributed by atoms with E-state index in [1.165, 1.54) is 7.11 Å². The van der Waals surface area contributed by atoms with Crippen LogP contribution in [0.2, 0.25) is 0 Å². The van der Waals surface area contributed by atoms with Crippen molar-refractivity contribution < 1.29 is 22.2 Å². The van der Waals surface area contributed by atoms with Crippen molar-refractivity contribution in [3.05, 3.63) is 71.8 Å². The maximum absolute atomic E-state index is 12.2. The molecular formula is C19H19NO5S2. The third kappa shape index (κ3) is 6.58. The number of oxime groups is 1. The first-order valence-electron chi connectivity index (χ1n) is 7.86. The summed E-state index contributed by atoms with van der Waals surface area (Å²) in [5.74, 6) is -1.16. The van der Waals surface area contributed by atoms with Crippen LogP contribution in [0.15, 0.2) is 65.2 Å². The number of nitrogens with zero attached hydrogens (tertiary/aromatic N) is 1. The molecule has 0 fully saturated rings. The molecular weight excluding hydrogens is 386 g/mol. The Hall–Kier alpha value is -2.58. The highest BCUT2D eigenvalue weighted by molar-refractivity contribution is 8.15. The number of hydrogen-bond acceptors (Lipinski definition) is 7. The topological polar surface area (TPSA) is 82.0 Å². The number of benzene rings is 2. The smallest absolute Gasteiger partial charge is 0.367 e. The molecule has 2 rings (SSSR count). The van der Waals surface area contributed by atoms with E-state index in [0.29, 0.717) is 10.5 Å². The van der Waals surface area contributed by atoms with E-state index < -0.39 is 16.1 Å². The number of rotatable bonds is 6. The minimum atomic E-state index is -4.02. The molecule has 0 unspecified atom stereocenters. The molecule has 2 aromatic rings. The van der Waals surface area contributed by atoms with Gasteiger partial charge in [-0.25, -0.2) is 4.79 Å². The summed E-state index contributed by atoms with van der Waals surface area (Å²) in [7, 11) is -2.84. The van der Waals surface area contributed by atoms with Crippen LogP contribution in [0.1, 0.15) is 16.7 Å². The summed E-state index contributed by atoms with van der Waals surface area (Å²) in [5.41, 5.74) is 2.45. The van der Waals surface area contributed by atoms with Crippen LogP contribution in [0, 0.1) is 6.92 Å². The van der Waals surface area contributed by atoms with Crippen molar-refractivity contribution in [3.63, 3.8) is 0 Å². The summed E-state index contributed by atoms with van der Waals surface area (Å²) in [5, 5.41) is 3.30. The number of thioether (sulfide) groups is 1. The lowest BCUT2D eigenvalue weighted by Crippen LogP contribution is -2.14. The van der Waals surface area contributed by atoms with Gasteiger partial charge in [-0.1, -0.05) is 71.5 Å². The normalized spacial score (nSPS) is 11.7. The molecule has 0 heterocycles. The van der Waals surface area contributed by atoms with Gasteiger partial charge < -0.3 is 4.74 Å². The summed E-state index contributed by atoms with van der Waals surface area (Å²) in [6.45, 7) is 5.57. The van der Waals surface area contributed by atoms with Crippen molar-refractivity contribution in [1.29, 1.82) is 0 Å². The number of ether oxygens (including phenoxy) is 1. The minimum absolute atomic E-state index is 0.216. The maximum atomic E-state index is 12.2. The predicted octanol–water partition coefficient (Wildman–Crippen LogP) is 3.76. The van der Waals surface area contributed by atoms with E-state index in [2.05, 4.69) is 20.8 Å². The molecule has 0 radical (unpaired) electrons. The van der Waals surface area contributed by atoms with Gasteiger partial charge in [0.2, 0.25) is 5.04 Å². The molecule has 0 N–H and O–H groups in total. The molecule has 2 aromatic carbocycles. The molecule has 0 saturated heterocycles. The zero-order valence-electron chi connectivity index (χ0n) is 14.9. The van der Waals surface area contributed by atoms with Gasteiger partial charge in [-0.3, -0.25) is 4.28 Å². The maximum Gasteiger partial charge on any atom is 0.367 e. The molecule has 0 spiro atoms. The third-order valence-electron chi connectivity index (χ3n) is 3.39. The van der Waals surface area contributed by atoms with Crippen LogP contribution >= 0.6 is 11.8 Å². The largest absolute Gasteiger partial charge is 0.464 e. The van der Waals surface area contributed by atoms with Crippen LogP contribution in [0.25, 0.3) is 6.08 Å². The Labute approximate surface area is 163 Å². The van der Waals surface area contributed by atoms with Crippen molar-refractivity contribution in [2.45, 2.75) is 17.6 Å². The second kappa shape index (κ2) is 9.38. The lowest BCUT2D eigenvalue weighted by atomic mass is 10.1. The molecule has 27 heavy (non-hydrogen) atoms. The van der Waals surface area contributed by atoms with Gasteiger partial charge in [-0.2, -0.15) is 8.42 Å². The summed E-state index contributed by atoms with van der Waals surface area (Å²) >= 11 is 0.957. The van der Waals surface area contributed by atoms with E-state index in [0.717, 1.165) is 22.9 Å². The Morgan fingerprint density at radius 3 is 2.33 bits per heavy atom. The molecule has 142 valence electrons. The molecule has 0 saturated carbocycles. The fraction of sp³-hybridized carbons (Fsp3) is 0.158. The molecule has 0 aliphatic heterocycles. The van der Waals surface area contributed by atoms with Gasteiger partial charge in [0.1, 0.15) is 5.75 Å². The van der Waals surface area contributed by atoms with E-state index in [4.69, 9.17) is 0 Å². The van der Waals surface area contributed by atoms with Gasteiger partial charge in [-0.05, 0) is 30.2 Å². The van der Waals surface area contributed by atoms with Gasteiger partial charge in [-0.15, -0.1) is 0 Å². The molecule has 0 amide bonds. The van der Waals surface area contributed by atoms with E-state index in [1.807, 2.05) is 19.1 Å². The summed E-state index contributed by atoms with van der Waals surface area (Å²) in [4.78, 5) is 12.6. The zero-order chi connectivity index (χ0) is 19.9. The number of carbonyl (C=O) groups excluding carboxylic acids is 1. The van der Waals surface area contributed by atoms with Gasteiger partial charge in [0, 0.05) is 4.90 Å². The highest BCUT2D eigenvalue weighted by Crippen LogP contribution is 2.21. The SMILES string of the molecule is C=Cc1ccc(CS(=O)(=O)O/N=C(\Sc2ccc(C)cc2)C(=O)OC)cc1. The molecule has 0 atom stereocenters. The van der Waals surface area contributed by atoms with Gasteiger partial charge in [0.05, 0.1) is 7.11 Å². The average Bonchev–Trinajstić information content (AvgIpc) is 2.66. The van der Waals surface area contributed by atoms with Crippen molar-refractivity contribution >= 4 is 39.0 Å². The second-order valence-corrected chi connectivity index (χ2v) is 8.14. The Morgan fingerprint density at radius 2 is 1.78 bits per heavy atom. The number of aryl methyl sites for hydroxylation is 1. The second-order valence-electron chi connectivity index (χ2n) is 5.53. The van der Waals surface area contributed by atoms with Crippen LogP contribution in [0.3, 0.4) is 0 Å². The van der Waals surface area contributed by atoms with Crippen molar-refractivity contribution in [3.8, 4) is 0 Å². The van der Waals surface area contributed by atoms with Gasteiger partial charge >= 0.3 is 16.1 Å². The molecule has 0 aromatic heterocycles. The fourth-order valence-electron chi connectivity index (χ4n) is 1.97. The number of esters is 1. The molecule has 0 aliphatic rings. The number of hydrogen-bond donors (Lipinski definition) is 0. The first kappa shape index (κ1) is 20.7. The van der Waals surface area contributed by atoms with Gasteiger partial charge in [0.15, 0.2) is 0 Å². The Kier molecular flexibility index (Phi) is 7.20. The van der Waals surface area contributed by atoms with Crippen molar-refractivity contribution in [2.24, 2.45) is 5.16 Å². The molecule has 8 heteroatoms. The standard InChI is InChI=1S/C19H19NO5S2/c1-4-15-7-9-16(10-8-15)13-27(22,23)25-20-18(19(21)24-3)26-17-11-5-14(2)6-12-17/h4-12H,1,13H2,2-3H3/b20-18-. The highest BCUT2D eigenvalue weighted by Gasteiger charge is 2.19. The number of carbonyl (C=O) groups is 1. The van der Waals surface area contributed by atoms with Gasteiger partial charge in [0.25, 0.3) is 0 Å². The van der Waals surface area contributed by atoms with Crippen LogP contribution in [0.5, 0.6) is 0 Å². The lowest BCUT2D eigenvalue weighted by molar-refractivity contribution is -0.132. The van der Waals surface area contributed by atoms with E-state index in [1.54, 1.807) is 42.5 Å². The summed E-state index contributed by atoms with van der Waals surface area (Å²) in [6, 6.07) is 14.1. The predicted molar refractivity (Wildman–Crippen MR) is 107 cm³/mol. The third-order valence-corrected chi connectivity index (χ3v) is 5.32. The fourth-order valence-corrected chi connectivity index (χ4v) is 3.60. The average molecular weight is 405 g/mol. The quantitative estimate of drug-likeness (QED) is 0.239. The molecule has 0 bridgehead atoms.